The zero-order valence-electron chi connectivity index (χ0n) is 9.97. The highest BCUT2D eigenvalue weighted by Gasteiger charge is 2.10. The van der Waals surface area contributed by atoms with Gasteiger partial charge in [-0.2, -0.15) is 0 Å². The first-order chi connectivity index (χ1) is 6.61. The second-order valence-electron chi connectivity index (χ2n) is 3.89. The van der Waals surface area contributed by atoms with Gasteiger partial charge >= 0.3 is 0 Å². The zero-order chi connectivity index (χ0) is 11.0. The Hall–Kier alpha value is -0.570. The minimum absolute atomic E-state index is 0.242. The topological polar surface area (TPSA) is 32.3 Å². The average Bonchev–Trinajstić information content (AvgIpc) is 2.17. The predicted molar refractivity (Wildman–Crippen MR) is 60.3 cm³/mol. The van der Waals surface area contributed by atoms with E-state index in [0.29, 0.717) is 12.3 Å². The summed E-state index contributed by atoms with van der Waals surface area (Å²) in [6.07, 6.45) is 1.74. The van der Waals surface area contributed by atoms with Gasteiger partial charge in [-0.1, -0.05) is 27.2 Å². The second-order valence-corrected chi connectivity index (χ2v) is 3.89. The lowest BCUT2D eigenvalue weighted by molar-refractivity contribution is -0.130. The molecule has 1 N–H and O–H groups in total. The van der Waals surface area contributed by atoms with Crippen molar-refractivity contribution < 1.29 is 4.79 Å². The molecule has 0 bridgehead atoms. The predicted octanol–water partition coefficient (Wildman–Crippen LogP) is 1.49. The van der Waals surface area contributed by atoms with E-state index < -0.39 is 0 Å². The first kappa shape index (κ1) is 13.4. The largest absolute Gasteiger partial charge is 0.345 e. The highest BCUT2D eigenvalue weighted by Crippen LogP contribution is 2.03. The summed E-state index contributed by atoms with van der Waals surface area (Å²) in [4.78, 5) is 13.4. The van der Waals surface area contributed by atoms with Crippen LogP contribution in [0.15, 0.2) is 0 Å². The lowest BCUT2D eigenvalue weighted by atomic mass is 10.1. The van der Waals surface area contributed by atoms with Gasteiger partial charge in [-0.05, 0) is 12.5 Å². The fourth-order valence-electron chi connectivity index (χ4n) is 1.26. The highest BCUT2D eigenvalue weighted by molar-refractivity contribution is 5.76. The van der Waals surface area contributed by atoms with Gasteiger partial charge < -0.3 is 10.2 Å². The van der Waals surface area contributed by atoms with Crippen LogP contribution in [0.25, 0.3) is 0 Å². The molecule has 3 heteroatoms. The van der Waals surface area contributed by atoms with Gasteiger partial charge in [0.15, 0.2) is 0 Å². The Bertz CT molecular complexity index is 159. The lowest BCUT2D eigenvalue weighted by Gasteiger charge is -2.20. The minimum atomic E-state index is 0.242. The van der Waals surface area contributed by atoms with Gasteiger partial charge in [0.1, 0.15) is 0 Å². The number of nitrogens with zero attached hydrogens (tertiary/aromatic N) is 1. The summed E-state index contributed by atoms with van der Waals surface area (Å²) in [5, 5.41) is 3.15. The molecule has 0 saturated carbocycles. The van der Waals surface area contributed by atoms with E-state index in [9.17, 15) is 4.79 Å². The molecule has 0 heterocycles. The summed E-state index contributed by atoms with van der Waals surface area (Å²) < 4.78 is 0. The van der Waals surface area contributed by atoms with Gasteiger partial charge in [0, 0.05) is 26.6 Å². The van der Waals surface area contributed by atoms with Gasteiger partial charge in [-0.25, -0.2) is 0 Å². The number of rotatable bonds is 7. The van der Waals surface area contributed by atoms with Crippen LogP contribution < -0.4 is 5.32 Å². The van der Waals surface area contributed by atoms with Crippen LogP contribution in [0.5, 0.6) is 0 Å². The van der Waals surface area contributed by atoms with E-state index in [2.05, 4.69) is 19.2 Å². The molecule has 3 nitrogen and oxygen atoms in total. The minimum Gasteiger partial charge on any atom is -0.345 e. The van der Waals surface area contributed by atoms with E-state index in [1.807, 2.05) is 18.9 Å². The van der Waals surface area contributed by atoms with Crippen LogP contribution in [0.2, 0.25) is 0 Å². The van der Waals surface area contributed by atoms with Gasteiger partial charge in [0.2, 0.25) is 5.91 Å². The quantitative estimate of drug-likeness (QED) is 0.632. The van der Waals surface area contributed by atoms with Crippen LogP contribution in [0.3, 0.4) is 0 Å². The molecule has 0 radical (unpaired) electrons. The maximum Gasteiger partial charge on any atom is 0.223 e. The third kappa shape index (κ3) is 5.97. The van der Waals surface area contributed by atoms with Gasteiger partial charge in [-0.3, -0.25) is 4.79 Å². The fraction of sp³-hybridized carbons (Fsp3) is 0.909. The molecule has 0 aliphatic heterocycles. The summed E-state index contributed by atoms with van der Waals surface area (Å²) in [5.74, 6) is 0.842. The van der Waals surface area contributed by atoms with Crippen molar-refractivity contribution in [2.45, 2.75) is 33.6 Å². The van der Waals surface area contributed by atoms with Crippen molar-refractivity contribution in [1.82, 2.24) is 10.2 Å². The average molecular weight is 200 g/mol. The molecular formula is C11H24N2O. The van der Waals surface area contributed by atoms with E-state index in [1.54, 1.807) is 0 Å². The number of hydrogen-bond donors (Lipinski definition) is 1. The van der Waals surface area contributed by atoms with Crippen molar-refractivity contribution in [2.24, 2.45) is 5.92 Å². The third-order valence-corrected chi connectivity index (χ3v) is 2.47. The Balaban J connectivity index is 3.64. The Morgan fingerprint density at radius 3 is 2.57 bits per heavy atom. The Morgan fingerprint density at radius 2 is 2.07 bits per heavy atom. The summed E-state index contributed by atoms with van der Waals surface area (Å²) >= 11 is 0. The fourth-order valence-corrected chi connectivity index (χ4v) is 1.26. The Labute approximate surface area is 87.9 Å². The maximum absolute atomic E-state index is 11.6. The van der Waals surface area contributed by atoms with Crippen molar-refractivity contribution >= 4 is 5.91 Å². The van der Waals surface area contributed by atoms with E-state index in [1.165, 1.54) is 0 Å². The van der Waals surface area contributed by atoms with Crippen LogP contribution in [-0.2, 0) is 4.79 Å². The molecular weight excluding hydrogens is 176 g/mol. The van der Waals surface area contributed by atoms with Crippen molar-refractivity contribution in [3.05, 3.63) is 0 Å². The van der Waals surface area contributed by atoms with Crippen molar-refractivity contribution in [3.63, 3.8) is 0 Å². The van der Waals surface area contributed by atoms with Crippen LogP contribution in [0, 0.1) is 5.92 Å². The molecule has 1 atom stereocenters. The Kier molecular flexibility index (Phi) is 7.48. The molecule has 0 aliphatic rings. The molecule has 84 valence electrons. The lowest BCUT2D eigenvalue weighted by Crippen LogP contribution is -2.33. The molecule has 0 aromatic rings. The van der Waals surface area contributed by atoms with Crippen LogP contribution in [-0.4, -0.2) is 37.5 Å². The Morgan fingerprint density at radius 1 is 1.43 bits per heavy atom. The summed E-state index contributed by atoms with van der Waals surface area (Å²) in [7, 11) is 1.89. The molecule has 0 fully saturated rings. The molecule has 14 heavy (non-hydrogen) atoms. The number of nitrogens with one attached hydrogen (secondary N) is 1. The molecule has 0 aliphatic carbocycles. The molecule has 0 aromatic carbocycles. The van der Waals surface area contributed by atoms with Crippen molar-refractivity contribution in [2.75, 3.05) is 26.7 Å². The van der Waals surface area contributed by atoms with Gasteiger partial charge in [-0.15, -0.1) is 0 Å². The normalized spacial score (nSPS) is 12.6. The maximum atomic E-state index is 11.6. The van der Waals surface area contributed by atoms with E-state index >= 15 is 0 Å². The molecule has 0 saturated heterocycles. The van der Waals surface area contributed by atoms with Crippen LogP contribution in [0.1, 0.15) is 33.6 Å². The van der Waals surface area contributed by atoms with Gasteiger partial charge in [0.05, 0.1) is 0 Å². The summed E-state index contributed by atoms with van der Waals surface area (Å²) in [6, 6.07) is 0. The van der Waals surface area contributed by atoms with Crippen molar-refractivity contribution in [3.8, 4) is 0 Å². The number of carbonyl (C=O) groups is 1. The SMILES string of the molecule is CCNCCC(=O)N(C)CC(C)CC. The molecule has 1 amide bonds. The van der Waals surface area contributed by atoms with Gasteiger partial charge in [0.25, 0.3) is 0 Å². The van der Waals surface area contributed by atoms with Crippen LogP contribution >= 0.6 is 0 Å². The first-order valence-corrected chi connectivity index (χ1v) is 5.56. The van der Waals surface area contributed by atoms with Crippen molar-refractivity contribution in [1.29, 1.82) is 0 Å². The molecule has 0 spiro atoms. The standard InChI is InChI=1S/C11H24N2O/c1-5-10(3)9-13(4)11(14)7-8-12-6-2/h10,12H,5-9H2,1-4H3. The van der Waals surface area contributed by atoms with E-state index in [-0.39, 0.29) is 5.91 Å². The third-order valence-electron chi connectivity index (χ3n) is 2.47. The second kappa shape index (κ2) is 7.80. The van der Waals surface area contributed by atoms with E-state index in [4.69, 9.17) is 0 Å². The summed E-state index contributed by atoms with van der Waals surface area (Å²) in [5.41, 5.74) is 0. The highest BCUT2D eigenvalue weighted by atomic mass is 16.2. The smallest absolute Gasteiger partial charge is 0.223 e. The summed E-state index contributed by atoms with van der Waals surface area (Å²) in [6.45, 7) is 8.98. The molecule has 0 aromatic heterocycles. The molecule has 0 rings (SSSR count). The van der Waals surface area contributed by atoms with Crippen LogP contribution in [0.4, 0.5) is 0 Å². The zero-order valence-corrected chi connectivity index (χ0v) is 9.97. The first-order valence-electron chi connectivity index (χ1n) is 5.56. The molecule has 1 unspecified atom stereocenters. The number of hydrogen-bond acceptors (Lipinski definition) is 2. The van der Waals surface area contributed by atoms with E-state index in [0.717, 1.165) is 26.1 Å². The number of carbonyl (C=O) groups excluding carboxylic acids is 1. The number of amides is 1. The monoisotopic (exact) mass is 200 g/mol.